The lowest BCUT2D eigenvalue weighted by molar-refractivity contribution is -0.127. The van der Waals surface area contributed by atoms with Gasteiger partial charge in [-0.05, 0) is 61.8 Å². The number of ether oxygens (including phenoxy) is 1. The smallest absolute Gasteiger partial charge is 0.255 e. The molecule has 2 heterocycles. The van der Waals surface area contributed by atoms with Crippen molar-refractivity contribution in [1.82, 2.24) is 15.1 Å². The first-order valence-corrected chi connectivity index (χ1v) is 12.7. The maximum absolute atomic E-state index is 11.6. The van der Waals surface area contributed by atoms with Crippen molar-refractivity contribution in [3.05, 3.63) is 57.9 Å². The van der Waals surface area contributed by atoms with Crippen LogP contribution in [0.5, 0.6) is 0 Å². The number of hydrogen-bond donors (Lipinski definition) is 5. The number of allylic oxidation sites excluding steroid dienone is 2. The average molecular weight is 540 g/mol. The van der Waals surface area contributed by atoms with E-state index >= 15 is 0 Å². The lowest BCUT2D eigenvalue weighted by Gasteiger charge is -2.22. The van der Waals surface area contributed by atoms with Crippen LogP contribution in [0.15, 0.2) is 30.5 Å². The Hall–Kier alpha value is -3.94. The summed E-state index contributed by atoms with van der Waals surface area (Å²) in [4.78, 5) is 24.7. The molecule has 4 rings (SSSR count). The van der Waals surface area contributed by atoms with Gasteiger partial charge in [0.1, 0.15) is 11.3 Å². The fourth-order valence-electron chi connectivity index (χ4n) is 4.61. The molecule has 1 saturated heterocycles. The highest BCUT2D eigenvalue weighted by Gasteiger charge is 2.26. The van der Waals surface area contributed by atoms with E-state index in [1.165, 1.54) is 6.08 Å². The Kier molecular flexibility index (Phi) is 9.82. The average Bonchev–Trinajstić information content (AvgIpc) is 3.64. The number of H-pyrrole nitrogens is 1. The van der Waals surface area contributed by atoms with Crippen LogP contribution >= 0.6 is 11.6 Å². The Morgan fingerprint density at radius 3 is 2.68 bits per heavy atom. The molecule has 1 unspecified atom stereocenters. The van der Waals surface area contributed by atoms with Crippen LogP contribution in [0.25, 0.3) is 5.57 Å². The fraction of sp³-hybridized carbons (Fsp3) is 0.370. The highest BCUT2D eigenvalue weighted by molar-refractivity contribution is 6.32. The number of benzene rings is 1. The molecule has 2 amide bonds. The summed E-state index contributed by atoms with van der Waals surface area (Å²) < 4.78 is 5.02. The number of amides is 2. The van der Waals surface area contributed by atoms with Crippen molar-refractivity contribution in [2.24, 2.45) is 11.5 Å². The topological polar surface area (TPSA) is 165 Å². The fourth-order valence-corrected chi connectivity index (χ4v) is 4.82. The van der Waals surface area contributed by atoms with Gasteiger partial charge in [0.25, 0.3) is 5.91 Å². The summed E-state index contributed by atoms with van der Waals surface area (Å²) >= 11 is 6.38. The van der Waals surface area contributed by atoms with Gasteiger partial charge in [-0.1, -0.05) is 24.1 Å². The molecule has 1 aromatic carbocycles. The molecule has 1 aliphatic heterocycles. The van der Waals surface area contributed by atoms with Gasteiger partial charge in [0.05, 0.1) is 17.7 Å². The standard InChI is InChI=1S/C18H19ClN6O.C9H15NO2/c1-23-18-16(17(22)26)15(24-25-18)6-5-9-7-14(21)11(8-12(9)19)10-3-2-4-13(10)20;1-3-9(11)10-6-4-5-8(10)7-12-2/h7-8H,2-4,20-21H2,1H3,(H2,22,26)(H2,23,24,25);3,8H,1,4-7H2,2H3. The highest BCUT2D eigenvalue weighted by atomic mass is 35.5. The number of carbonyl (C=O) groups is 2. The lowest BCUT2D eigenvalue weighted by Crippen LogP contribution is -2.36. The van der Waals surface area contributed by atoms with Gasteiger partial charge in [-0.2, -0.15) is 5.10 Å². The van der Waals surface area contributed by atoms with E-state index < -0.39 is 5.91 Å². The van der Waals surface area contributed by atoms with Crippen LogP contribution in [0.3, 0.4) is 0 Å². The Morgan fingerprint density at radius 2 is 2.08 bits per heavy atom. The zero-order chi connectivity index (χ0) is 27.8. The first-order chi connectivity index (χ1) is 18.2. The number of carbonyl (C=O) groups excluding carboxylic acids is 2. The second-order valence-corrected chi connectivity index (χ2v) is 9.36. The van der Waals surface area contributed by atoms with Gasteiger partial charge in [-0.25, -0.2) is 0 Å². The number of hydrogen-bond acceptors (Lipinski definition) is 7. The van der Waals surface area contributed by atoms with Crippen molar-refractivity contribution in [2.45, 2.75) is 38.1 Å². The molecule has 202 valence electrons. The number of aromatic amines is 1. The molecule has 0 bridgehead atoms. The molecule has 0 radical (unpaired) electrons. The molecule has 1 aliphatic carbocycles. The molecular formula is C27H34ClN7O3. The Labute approximate surface area is 227 Å². The number of primary amides is 1. The number of aromatic nitrogens is 2. The van der Waals surface area contributed by atoms with Crippen molar-refractivity contribution in [3.63, 3.8) is 0 Å². The molecule has 0 saturated carbocycles. The van der Waals surface area contributed by atoms with E-state index in [4.69, 9.17) is 33.5 Å². The predicted octanol–water partition coefficient (Wildman–Crippen LogP) is 2.85. The molecule has 1 atom stereocenters. The molecule has 0 spiro atoms. The van der Waals surface area contributed by atoms with Crippen LogP contribution in [-0.2, 0) is 9.53 Å². The van der Waals surface area contributed by atoms with Crippen LogP contribution in [0.1, 0.15) is 59.3 Å². The summed E-state index contributed by atoms with van der Waals surface area (Å²) in [5.74, 6) is 5.50. The maximum Gasteiger partial charge on any atom is 0.255 e. The molecule has 2 aromatic rings. The second kappa shape index (κ2) is 13.0. The third-order valence-corrected chi connectivity index (χ3v) is 6.80. The van der Waals surface area contributed by atoms with Gasteiger partial charge in [-0.15, -0.1) is 0 Å². The van der Waals surface area contributed by atoms with Gasteiger partial charge in [-0.3, -0.25) is 14.7 Å². The van der Waals surface area contributed by atoms with Crippen molar-refractivity contribution in [3.8, 4) is 11.8 Å². The van der Waals surface area contributed by atoms with E-state index in [1.54, 1.807) is 26.3 Å². The normalized spacial score (nSPS) is 16.4. The van der Waals surface area contributed by atoms with E-state index in [2.05, 4.69) is 33.9 Å². The largest absolute Gasteiger partial charge is 0.402 e. The molecule has 8 N–H and O–H groups in total. The van der Waals surface area contributed by atoms with Crippen molar-refractivity contribution in [2.75, 3.05) is 38.4 Å². The number of likely N-dealkylation sites (tertiary alicyclic amines) is 1. The minimum Gasteiger partial charge on any atom is -0.402 e. The van der Waals surface area contributed by atoms with Gasteiger partial charge < -0.3 is 32.2 Å². The zero-order valence-electron chi connectivity index (χ0n) is 21.7. The zero-order valence-corrected chi connectivity index (χ0v) is 22.5. The quantitative estimate of drug-likeness (QED) is 0.214. The summed E-state index contributed by atoms with van der Waals surface area (Å²) in [7, 11) is 3.30. The van der Waals surface area contributed by atoms with Crippen LogP contribution in [0, 0.1) is 11.8 Å². The van der Waals surface area contributed by atoms with E-state index in [9.17, 15) is 9.59 Å². The van der Waals surface area contributed by atoms with Gasteiger partial charge in [0.15, 0.2) is 5.82 Å². The van der Waals surface area contributed by atoms with E-state index in [0.29, 0.717) is 34.4 Å². The molecule has 1 aromatic heterocycles. The van der Waals surface area contributed by atoms with E-state index in [0.717, 1.165) is 55.5 Å². The first kappa shape index (κ1) is 28.6. The number of nitrogens with zero attached hydrogens (tertiary/aromatic N) is 2. The number of halogens is 1. The Bertz CT molecular complexity index is 1310. The van der Waals surface area contributed by atoms with E-state index in [-0.39, 0.29) is 17.5 Å². The van der Waals surface area contributed by atoms with Gasteiger partial charge >= 0.3 is 0 Å². The number of nitrogens with one attached hydrogen (secondary N) is 2. The Morgan fingerprint density at radius 1 is 1.32 bits per heavy atom. The monoisotopic (exact) mass is 539 g/mol. The number of nitrogens with two attached hydrogens (primary N) is 3. The number of rotatable bonds is 6. The molecular weight excluding hydrogens is 506 g/mol. The Balaban J connectivity index is 0.000000279. The van der Waals surface area contributed by atoms with Gasteiger partial charge in [0.2, 0.25) is 5.91 Å². The minimum atomic E-state index is -0.628. The molecule has 1 fully saturated rings. The SMILES string of the molecule is C=CC(=O)N1CCCC1COC.CNc1n[nH]c(C#Cc2cc(N)c(C3=C(N)CCC3)cc2Cl)c1C(N)=O. The van der Waals surface area contributed by atoms with Crippen LogP contribution in [0.2, 0.25) is 5.02 Å². The summed E-state index contributed by atoms with van der Waals surface area (Å²) in [6.45, 7) is 4.95. The summed E-state index contributed by atoms with van der Waals surface area (Å²) in [6, 6.07) is 3.76. The molecule has 38 heavy (non-hydrogen) atoms. The third-order valence-electron chi connectivity index (χ3n) is 6.49. The number of methoxy groups -OCH3 is 1. The maximum atomic E-state index is 11.6. The summed E-state index contributed by atoms with van der Waals surface area (Å²) in [6.07, 6.45) is 6.27. The van der Waals surface area contributed by atoms with Crippen LogP contribution in [0.4, 0.5) is 11.5 Å². The highest BCUT2D eigenvalue weighted by Crippen LogP contribution is 2.36. The van der Waals surface area contributed by atoms with E-state index in [1.807, 2.05) is 4.90 Å². The molecule has 11 heteroatoms. The van der Waals surface area contributed by atoms with Crippen molar-refractivity contribution < 1.29 is 14.3 Å². The second-order valence-electron chi connectivity index (χ2n) is 8.95. The van der Waals surface area contributed by atoms with Crippen molar-refractivity contribution in [1.29, 1.82) is 0 Å². The first-order valence-electron chi connectivity index (χ1n) is 12.3. The van der Waals surface area contributed by atoms with Crippen LogP contribution in [-0.4, -0.2) is 60.3 Å². The molecule has 2 aliphatic rings. The minimum absolute atomic E-state index is 0.0227. The van der Waals surface area contributed by atoms with Crippen molar-refractivity contribution >= 4 is 40.5 Å². The predicted molar refractivity (Wildman–Crippen MR) is 150 cm³/mol. The molecule has 10 nitrogen and oxygen atoms in total. The number of anilines is 2. The number of nitrogen functional groups attached to an aromatic ring is 1. The third kappa shape index (κ3) is 6.49. The van der Waals surface area contributed by atoms with Crippen LogP contribution < -0.4 is 22.5 Å². The summed E-state index contributed by atoms with van der Waals surface area (Å²) in [5.41, 5.74) is 22.0. The lowest BCUT2D eigenvalue weighted by atomic mass is 10.0. The summed E-state index contributed by atoms with van der Waals surface area (Å²) in [5, 5.41) is 9.90. The van der Waals surface area contributed by atoms with Gasteiger partial charge in [0, 0.05) is 43.2 Å².